The van der Waals surface area contributed by atoms with Gasteiger partial charge in [0.15, 0.2) is 0 Å². The van der Waals surface area contributed by atoms with E-state index >= 15 is 0 Å². The zero-order valence-electron chi connectivity index (χ0n) is 17.6. The van der Waals surface area contributed by atoms with E-state index in [4.69, 9.17) is 10.6 Å². The van der Waals surface area contributed by atoms with Gasteiger partial charge in [0, 0.05) is 24.0 Å². The summed E-state index contributed by atoms with van der Waals surface area (Å²) in [5, 5.41) is 25.3. The van der Waals surface area contributed by atoms with Gasteiger partial charge in [-0.3, -0.25) is 0 Å². The molecule has 3 aromatic rings. The standard InChI is InChI=1S/C18H15P.C7H13N3O2/c1-4-10-16(11-5-1)19(17-12-6-2-7-13-17)18-14-8-3-9-15-18;1-6(5-11)7(12)3-2-4-9-10-8/h1-15H;2-3,6-7,11-12H,4-5H2,1H3/b;3-2+/t;6-,7+/m.0/s1. The predicted molar refractivity (Wildman–Crippen MR) is 131 cm³/mol. The van der Waals surface area contributed by atoms with Crippen molar-refractivity contribution in [2.45, 2.75) is 13.0 Å². The van der Waals surface area contributed by atoms with Crippen molar-refractivity contribution in [2.24, 2.45) is 11.0 Å². The first-order valence-electron chi connectivity index (χ1n) is 10.1. The lowest BCUT2D eigenvalue weighted by atomic mass is 10.1. The van der Waals surface area contributed by atoms with Crippen LogP contribution in [-0.4, -0.2) is 29.5 Å². The highest BCUT2D eigenvalue weighted by molar-refractivity contribution is 7.79. The Balaban J connectivity index is 0.000000248. The molecule has 3 aromatic carbocycles. The van der Waals surface area contributed by atoms with Crippen molar-refractivity contribution < 1.29 is 10.2 Å². The van der Waals surface area contributed by atoms with Gasteiger partial charge in [-0.05, 0) is 29.4 Å². The summed E-state index contributed by atoms with van der Waals surface area (Å²) in [5.74, 6) is -0.188. The Bertz CT molecular complexity index is 852. The molecule has 0 aromatic heterocycles. The largest absolute Gasteiger partial charge is 0.396 e. The summed E-state index contributed by atoms with van der Waals surface area (Å²) in [4.78, 5) is 2.54. The molecule has 0 bridgehead atoms. The summed E-state index contributed by atoms with van der Waals surface area (Å²) in [5.41, 5.74) is 7.91. The van der Waals surface area contributed by atoms with Crippen LogP contribution in [0, 0.1) is 5.92 Å². The third-order valence-electron chi connectivity index (χ3n) is 4.50. The Morgan fingerprint density at radius 3 is 1.65 bits per heavy atom. The second-order valence-corrected chi connectivity index (χ2v) is 9.05. The minimum absolute atomic E-state index is 0.0625. The van der Waals surface area contributed by atoms with Crippen molar-refractivity contribution in [3.8, 4) is 0 Å². The maximum absolute atomic E-state index is 9.24. The minimum atomic E-state index is -0.677. The van der Waals surface area contributed by atoms with Crippen LogP contribution in [0.3, 0.4) is 0 Å². The number of benzene rings is 3. The summed E-state index contributed by atoms with van der Waals surface area (Å²) in [6, 6.07) is 32.3. The average molecular weight is 433 g/mol. The summed E-state index contributed by atoms with van der Waals surface area (Å²) >= 11 is 0. The molecule has 6 heteroatoms. The number of nitrogens with zero attached hydrogens (tertiary/aromatic N) is 3. The highest BCUT2D eigenvalue weighted by Crippen LogP contribution is 2.32. The summed E-state index contributed by atoms with van der Waals surface area (Å²) < 4.78 is 0. The van der Waals surface area contributed by atoms with Crippen molar-refractivity contribution in [1.29, 1.82) is 0 Å². The van der Waals surface area contributed by atoms with Gasteiger partial charge in [0.25, 0.3) is 0 Å². The molecule has 0 aliphatic carbocycles. The van der Waals surface area contributed by atoms with Gasteiger partial charge >= 0.3 is 0 Å². The topological polar surface area (TPSA) is 89.2 Å². The van der Waals surface area contributed by atoms with E-state index in [2.05, 4.69) is 101 Å². The molecule has 0 saturated carbocycles. The van der Waals surface area contributed by atoms with Crippen LogP contribution in [0.15, 0.2) is 108 Å². The van der Waals surface area contributed by atoms with E-state index in [0.717, 1.165) is 0 Å². The maximum Gasteiger partial charge on any atom is 0.0768 e. The van der Waals surface area contributed by atoms with Gasteiger partial charge in [0.1, 0.15) is 0 Å². The highest BCUT2D eigenvalue weighted by Gasteiger charge is 2.15. The Hall–Kier alpha value is -2.94. The van der Waals surface area contributed by atoms with Gasteiger partial charge < -0.3 is 10.2 Å². The van der Waals surface area contributed by atoms with Crippen molar-refractivity contribution in [1.82, 2.24) is 0 Å². The van der Waals surface area contributed by atoms with Crippen molar-refractivity contribution >= 4 is 23.8 Å². The van der Waals surface area contributed by atoms with E-state index in [1.165, 1.54) is 22.0 Å². The van der Waals surface area contributed by atoms with E-state index < -0.39 is 14.0 Å². The lowest BCUT2D eigenvalue weighted by molar-refractivity contribution is 0.111. The molecule has 0 heterocycles. The fraction of sp³-hybridized carbons (Fsp3) is 0.200. The zero-order chi connectivity index (χ0) is 22.3. The van der Waals surface area contributed by atoms with Crippen LogP contribution in [0.5, 0.6) is 0 Å². The Kier molecular flexibility index (Phi) is 11.1. The molecule has 5 nitrogen and oxygen atoms in total. The van der Waals surface area contributed by atoms with E-state index in [-0.39, 0.29) is 19.1 Å². The normalized spacial score (nSPS) is 12.5. The molecule has 3 rings (SSSR count). The molecule has 0 fully saturated rings. The summed E-state index contributed by atoms with van der Waals surface area (Å²) in [6.07, 6.45) is 2.40. The van der Waals surface area contributed by atoms with E-state index in [1.54, 1.807) is 13.0 Å². The molecule has 160 valence electrons. The van der Waals surface area contributed by atoms with Gasteiger partial charge in [-0.2, -0.15) is 0 Å². The number of hydrogen-bond acceptors (Lipinski definition) is 3. The Labute approximate surface area is 185 Å². The predicted octanol–water partition coefficient (Wildman–Crippen LogP) is 4.29. The van der Waals surface area contributed by atoms with Crippen LogP contribution in [0.1, 0.15) is 6.92 Å². The van der Waals surface area contributed by atoms with E-state index in [9.17, 15) is 5.11 Å². The second kappa shape index (κ2) is 14.1. The third kappa shape index (κ3) is 8.37. The molecule has 0 amide bonds. The molecule has 0 radical (unpaired) electrons. The van der Waals surface area contributed by atoms with Gasteiger partial charge in [-0.25, -0.2) is 0 Å². The fourth-order valence-corrected chi connectivity index (χ4v) is 5.07. The van der Waals surface area contributed by atoms with Crippen LogP contribution < -0.4 is 15.9 Å². The monoisotopic (exact) mass is 433 g/mol. The highest BCUT2D eigenvalue weighted by atomic mass is 31.1. The molecular formula is C25H28N3O2P. The molecular weight excluding hydrogens is 405 g/mol. The van der Waals surface area contributed by atoms with E-state index in [0.29, 0.717) is 0 Å². The quantitative estimate of drug-likeness (QED) is 0.182. The number of aliphatic hydroxyl groups is 2. The first-order chi connectivity index (χ1) is 15.2. The number of azide groups is 1. The second-order valence-electron chi connectivity index (χ2n) is 6.83. The number of hydrogen-bond donors (Lipinski definition) is 2. The van der Waals surface area contributed by atoms with Crippen LogP contribution in [0.25, 0.3) is 10.4 Å². The van der Waals surface area contributed by atoms with Crippen LogP contribution in [0.2, 0.25) is 0 Å². The lowest BCUT2D eigenvalue weighted by Crippen LogP contribution is -2.20. The lowest BCUT2D eigenvalue weighted by Gasteiger charge is -2.18. The van der Waals surface area contributed by atoms with Crippen LogP contribution in [-0.2, 0) is 0 Å². The fourth-order valence-electron chi connectivity index (χ4n) is 2.76. The van der Waals surface area contributed by atoms with Gasteiger partial charge in [-0.1, -0.05) is 115 Å². The molecule has 2 N–H and O–H groups in total. The van der Waals surface area contributed by atoms with Crippen LogP contribution in [0.4, 0.5) is 0 Å². The molecule has 0 saturated heterocycles. The van der Waals surface area contributed by atoms with Gasteiger partial charge in [0.05, 0.1) is 6.10 Å². The van der Waals surface area contributed by atoms with Crippen molar-refractivity contribution in [2.75, 3.05) is 13.2 Å². The van der Waals surface area contributed by atoms with E-state index in [1.807, 2.05) is 0 Å². The molecule has 0 spiro atoms. The number of aliphatic hydroxyl groups excluding tert-OH is 2. The number of rotatable bonds is 8. The molecule has 0 aliphatic rings. The molecule has 31 heavy (non-hydrogen) atoms. The minimum Gasteiger partial charge on any atom is -0.396 e. The molecule has 2 atom stereocenters. The summed E-state index contributed by atoms with van der Waals surface area (Å²) in [6.45, 7) is 1.89. The molecule has 0 unspecified atom stereocenters. The SMILES string of the molecule is C[C@@H](CO)[C@H](O)/C=C/CN=[N+]=[N-].c1ccc(P(c2ccccc2)c2ccccc2)cc1. The first-order valence-corrected chi connectivity index (χ1v) is 11.4. The van der Waals surface area contributed by atoms with Gasteiger partial charge in [-0.15, -0.1) is 0 Å². The third-order valence-corrected chi connectivity index (χ3v) is 6.94. The van der Waals surface area contributed by atoms with Crippen molar-refractivity contribution in [3.63, 3.8) is 0 Å². The Morgan fingerprint density at radius 1 is 0.871 bits per heavy atom. The molecule has 0 aliphatic heterocycles. The average Bonchev–Trinajstić information content (AvgIpc) is 2.84. The van der Waals surface area contributed by atoms with Gasteiger partial charge in [0.2, 0.25) is 0 Å². The smallest absolute Gasteiger partial charge is 0.0768 e. The van der Waals surface area contributed by atoms with Crippen molar-refractivity contribution in [3.05, 3.63) is 114 Å². The zero-order valence-corrected chi connectivity index (χ0v) is 18.5. The van der Waals surface area contributed by atoms with Crippen LogP contribution >= 0.6 is 7.92 Å². The Morgan fingerprint density at radius 2 is 1.29 bits per heavy atom. The maximum atomic E-state index is 9.24. The summed E-state index contributed by atoms with van der Waals surface area (Å²) in [7, 11) is -0.446. The first kappa shape index (κ1) is 24.3.